The molecule has 0 N–H and O–H groups in total. The van der Waals surface area contributed by atoms with E-state index in [9.17, 15) is 0 Å². The van der Waals surface area contributed by atoms with E-state index in [-0.39, 0.29) is 0 Å². The molecule has 0 aliphatic heterocycles. The zero-order valence-electron chi connectivity index (χ0n) is 9.60. The summed E-state index contributed by atoms with van der Waals surface area (Å²) in [5, 5.41) is 2.15. The van der Waals surface area contributed by atoms with Crippen molar-refractivity contribution in [3.05, 3.63) is 52.5 Å². The second kappa shape index (κ2) is 5.80. The predicted molar refractivity (Wildman–Crippen MR) is 69.7 cm³/mol. The van der Waals surface area contributed by atoms with Crippen LogP contribution in [0.15, 0.2) is 41.2 Å². The number of nitrogens with zero attached hydrogens (tertiary/aromatic N) is 1. The van der Waals surface area contributed by atoms with Gasteiger partial charge in [0.25, 0.3) is 0 Å². The van der Waals surface area contributed by atoms with Crippen molar-refractivity contribution in [1.82, 2.24) is 4.98 Å². The molecule has 0 spiro atoms. The molecule has 0 bridgehead atoms. The lowest BCUT2D eigenvalue weighted by Crippen LogP contribution is -2.01. The topological polar surface area (TPSA) is 12.9 Å². The highest BCUT2D eigenvalue weighted by Gasteiger charge is 2.04. The van der Waals surface area contributed by atoms with Crippen molar-refractivity contribution >= 4 is 11.3 Å². The third-order valence-corrected chi connectivity index (χ3v) is 3.44. The molecule has 2 aromatic rings. The van der Waals surface area contributed by atoms with Gasteiger partial charge in [-0.2, -0.15) is 0 Å². The lowest BCUT2D eigenvalue weighted by molar-refractivity contribution is 0.527. The lowest BCUT2D eigenvalue weighted by atomic mass is 9.96. The van der Waals surface area contributed by atoms with Gasteiger partial charge in [0.15, 0.2) is 0 Å². The van der Waals surface area contributed by atoms with Crippen LogP contribution in [-0.2, 0) is 12.8 Å². The first-order chi connectivity index (χ1) is 7.84. The molecule has 0 fully saturated rings. The molecule has 0 radical (unpaired) electrons. The van der Waals surface area contributed by atoms with Gasteiger partial charge in [-0.3, -0.25) is 0 Å². The largest absolute Gasteiger partial charge is 0.250 e. The number of benzene rings is 1. The summed E-state index contributed by atoms with van der Waals surface area (Å²) in [5.41, 5.74) is 4.59. The Hall–Kier alpha value is -1.15. The highest BCUT2D eigenvalue weighted by Crippen LogP contribution is 2.14. The Labute approximate surface area is 101 Å². The van der Waals surface area contributed by atoms with Crippen molar-refractivity contribution < 1.29 is 0 Å². The number of aromatic nitrogens is 1. The first-order valence-electron chi connectivity index (χ1n) is 5.75. The first-order valence-corrected chi connectivity index (χ1v) is 6.70. The fourth-order valence-corrected chi connectivity index (χ4v) is 2.47. The van der Waals surface area contributed by atoms with Crippen molar-refractivity contribution in [1.29, 1.82) is 0 Å². The molecule has 0 saturated heterocycles. The van der Waals surface area contributed by atoms with Gasteiger partial charge >= 0.3 is 0 Å². The van der Waals surface area contributed by atoms with Gasteiger partial charge in [-0.25, -0.2) is 4.98 Å². The third-order valence-electron chi connectivity index (χ3n) is 2.80. The molecule has 0 saturated carbocycles. The molecule has 1 nitrogen and oxygen atoms in total. The number of thiazole rings is 1. The predicted octanol–water partition coefficient (Wildman–Crippen LogP) is 3.95. The summed E-state index contributed by atoms with van der Waals surface area (Å²) in [4.78, 5) is 4.31. The van der Waals surface area contributed by atoms with Crippen molar-refractivity contribution in [3.8, 4) is 0 Å². The molecule has 2 heteroatoms. The third kappa shape index (κ3) is 3.46. The Morgan fingerprint density at radius 2 is 2.06 bits per heavy atom. The van der Waals surface area contributed by atoms with Crippen LogP contribution in [0.3, 0.4) is 0 Å². The second-order valence-corrected chi connectivity index (χ2v) is 5.03. The summed E-state index contributed by atoms with van der Waals surface area (Å²) in [7, 11) is 0. The fourth-order valence-electron chi connectivity index (χ4n) is 1.87. The Balaban J connectivity index is 1.78. The smallest absolute Gasteiger partial charge is 0.0794 e. The van der Waals surface area contributed by atoms with Gasteiger partial charge < -0.3 is 0 Å². The second-order valence-electron chi connectivity index (χ2n) is 4.31. The Bertz CT molecular complexity index is 394. The summed E-state index contributed by atoms with van der Waals surface area (Å²) in [5.74, 6) is 0.726. The molecule has 0 amide bonds. The van der Waals surface area contributed by atoms with Crippen LogP contribution in [0, 0.1) is 5.92 Å². The van der Waals surface area contributed by atoms with Crippen LogP contribution in [-0.4, -0.2) is 4.98 Å². The molecule has 0 aliphatic rings. The molecular formula is C14H17NS. The summed E-state index contributed by atoms with van der Waals surface area (Å²) >= 11 is 1.68. The highest BCUT2D eigenvalue weighted by molar-refractivity contribution is 7.07. The van der Waals surface area contributed by atoms with E-state index in [1.165, 1.54) is 24.1 Å². The maximum absolute atomic E-state index is 4.31. The van der Waals surface area contributed by atoms with Crippen molar-refractivity contribution in [2.45, 2.75) is 26.2 Å². The fraction of sp³-hybridized carbons (Fsp3) is 0.357. The molecule has 1 heterocycles. The van der Waals surface area contributed by atoms with E-state index >= 15 is 0 Å². The van der Waals surface area contributed by atoms with Crippen LogP contribution >= 0.6 is 11.3 Å². The summed E-state index contributed by atoms with van der Waals surface area (Å²) in [6, 6.07) is 10.7. The van der Waals surface area contributed by atoms with Gasteiger partial charge in [0.1, 0.15) is 0 Å². The van der Waals surface area contributed by atoms with Gasteiger partial charge in [-0.15, -0.1) is 11.3 Å². The zero-order chi connectivity index (χ0) is 11.2. The summed E-state index contributed by atoms with van der Waals surface area (Å²) < 4.78 is 0. The standard InChI is InChI=1S/C14H17NS/c1-12(7-8-14-10-16-11-15-14)9-13-5-3-2-4-6-13/h2-6,10-12H,7-9H2,1H3. The van der Waals surface area contributed by atoms with Crippen LogP contribution in [0.1, 0.15) is 24.6 Å². The quantitative estimate of drug-likeness (QED) is 0.759. The van der Waals surface area contributed by atoms with E-state index in [0.29, 0.717) is 0 Å². The highest BCUT2D eigenvalue weighted by atomic mass is 32.1. The van der Waals surface area contributed by atoms with E-state index in [0.717, 1.165) is 12.3 Å². The van der Waals surface area contributed by atoms with Gasteiger partial charge in [-0.1, -0.05) is 37.3 Å². The molecule has 16 heavy (non-hydrogen) atoms. The molecule has 84 valence electrons. The van der Waals surface area contributed by atoms with E-state index in [4.69, 9.17) is 0 Å². The van der Waals surface area contributed by atoms with E-state index in [1.54, 1.807) is 11.3 Å². The molecule has 1 unspecified atom stereocenters. The molecule has 1 atom stereocenters. The number of rotatable bonds is 5. The molecular weight excluding hydrogens is 214 g/mol. The number of hydrogen-bond donors (Lipinski definition) is 0. The minimum atomic E-state index is 0.726. The average Bonchev–Trinajstić information content (AvgIpc) is 2.81. The van der Waals surface area contributed by atoms with Crippen LogP contribution in [0.5, 0.6) is 0 Å². The van der Waals surface area contributed by atoms with Crippen molar-refractivity contribution in [2.75, 3.05) is 0 Å². The first kappa shape index (κ1) is 11.3. The van der Waals surface area contributed by atoms with Gasteiger partial charge in [0.05, 0.1) is 11.2 Å². The van der Waals surface area contributed by atoms with Crippen LogP contribution in [0.4, 0.5) is 0 Å². The van der Waals surface area contributed by atoms with Crippen LogP contribution in [0.25, 0.3) is 0 Å². The minimum Gasteiger partial charge on any atom is -0.250 e. The van der Waals surface area contributed by atoms with Gasteiger partial charge in [0.2, 0.25) is 0 Å². The minimum absolute atomic E-state index is 0.726. The maximum Gasteiger partial charge on any atom is 0.0794 e. The average molecular weight is 231 g/mol. The Morgan fingerprint density at radius 3 is 2.75 bits per heavy atom. The maximum atomic E-state index is 4.31. The summed E-state index contributed by atoms with van der Waals surface area (Å²) in [6.45, 7) is 2.32. The molecule has 2 rings (SSSR count). The summed E-state index contributed by atoms with van der Waals surface area (Å²) in [6.07, 6.45) is 3.50. The van der Waals surface area contributed by atoms with Gasteiger partial charge in [0, 0.05) is 5.38 Å². The Morgan fingerprint density at radius 1 is 1.25 bits per heavy atom. The zero-order valence-corrected chi connectivity index (χ0v) is 10.4. The monoisotopic (exact) mass is 231 g/mol. The van der Waals surface area contributed by atoms with E-state index in [2.05, 4.69) is 47.6 Å². The Kier molecular flexibility index (Phi) is 4.11. The molecule has 1 aromatic heterocycles. The number of aryl methyl sites for hydroxylation is 1. The van der Waals surface area contributed by atoms with Crippen molar-refractivity contribution in [3.63, 3.8) is 0 Å². The van der Waals surface area contributed by atoms with E-state index < -0.39 is 0 Å². The van der Waals surface area contributed by atoms with Gasteiger partial charge in [-0.05, 0) is 30.7 Å². The number of hydrogen-bond acceptors (Lipinski definition) is 2. The van der Waals surface area contributed by atoms with Crippen LogP contribution < -0.4 is 0 Å². The van der Waals surface area contributed by atoms with Crippen molar-refractivity contribution in [2.24, 2.45) is 5.92 Å². The normalized spacial score (nSPS) is 12.6. The SMILES string of the molecule is CC(CCc1cscn1)Cc1ccccc1. The molecule has 1 aromatic carbocycles. The molecule has 0 aliphatic carbocycles. The van der Waals surface area contributed by atoms with E-state index in [1.807, 2.05) is 5.51 Å². The lowest BCUT2D eigenvalue weighted by Gasteiger charge is -2.10. The van der Waals surface area contributed by atoms with Crippen LogP contribution in [0.2, 0.25) is 0 Å².